The number of nitrogens with zero attached hydrogens (tertiary/aromatic N) is 3. The third-order valence-corrected chi connectivity index (χ3v) is 5.79. The molecule has 0 atom stereocenters. The summed E-state index contributed by atoms with van der Waals surface area (Å²) in [4.78, 5) is 6.85. The fourth-order valence-corrected chi connectivity index (χ4v) is 3.84. The molecule has 3 aromatic rings. The second-order valence-electron chi connectivity index (χ2n) is 7.38. The summed E-state index contributed by atoms with van der Waals surface area (Å²) in [6.45, 7) is 0.995. The first-order valence-corrected chi connectivity index (χ1v) is 9.79. The first kappa shape index (κ1) is 18.1. The van der Waals surface area contributed by atoms with Gasteiger partial charge in [0.1, 0.15) is 0 Å². The van der Waals surface area contributed by atoms with Crippen LogP contribution in [0.2, 0.25) is 5.02 Å². The van der Waals surface area contributed by atoms with Crippen molar-refractivity contribution in [3.05, 3.63) is 53.3 Å². The minimum absolute atomic E-state index is 0.717. The first-order chi connectivity index (χ1) is 13.0. The predicted molar refractivity (Wildman–Crippen MR) is 117 cm³/mol. The summed E-state index contributed by atoms with van der Waals surface area (Å²) in [7, 11) is 8.36. The Morgan fingerprint density at radius 1 is 1.37 bits per heavy atom. The van der Waals surface area contributed by atoms with Crippen LogP contribution in [0.1, 0.15) is 24.8 Å². The SMILES string of the molecule is B=C(NCC1CCC1)c1cnc(N(C)c2cccc(Cl)c2)c2ccn(C)c12. The molecule has 4 rings (SSSR count). The maximum atomic E-state index is 6.17. The summed E-state index contributed by atoms with van der Waals surface area (Å²) >= 11 is 6.17. The van der Waals surface area contributed by atoms with Gasteiger partial charge in [-0.25, -0.2) is 0 Å². The van der Waals surface area contributed by atoms with E-state index in [1.165, 1.54) is 19.3 Å². The first-order valence-electron chi connectivity index (χ1n) is 9.41. The van der Waals surface area contributed by atoms with Crippen molar-refractivity contribution in [2.45, 2.75) is 19.3 Å². The molecular formula is C21H24BClN4. The molecule has 6 heteroatoms. The number of aromatic nitrogens is 2. The van der Waals surface area contributed by atoms with Crippen molar-refractivity contribution < 1.29 is 0 Å². The normalized spacial score (nSPS) is 14.1. The number of hydrogen-bond acceptors (Lipinski definition) is 3. The molecule has 1 aromatic carbocycles. The van der Waals surface area contributed by atoms with Gasteiger partial charge in [-0.15, -0.1) is 0 Å². The van der Waals surface area contributed by atoms with Crippen molar-refractivity contribution in [3.63, 3.8) is 0 Å². The fraction of sp³-hybridized carbons (Fsp3) is 0.333. The second kappa shape index (κ2) is 7.39. The standard InChI is InChI=1S/C21H24BClN4/c1-26-10-9-17-19(26)18(20(22)24-12-14-5-3-6-14)13-25-21(17)27(2)16-8-4-7-15(23)11-16/h4,7-11,13-14,22,24H,3,5-6,12H2,1-2H3. The van der Waals surface area contributed by atoms with Gasteiger partial charge in [0.25, 0.3) is 0 Å². The number of fused-ring (bicyclic) bond motifs is 1. The van der Waals surface area contributed by atoms with E-state index in [2.05, 4.69) is 41.6 Å². The van der Waals surface area contributed by atoms with Crippen LogP contribution in [-0.4, -0.2) is 36.2 Å². The Morgan fingerprint density at radius 3 is 2.89 bits per heavy atom. The van der Waals surface area contributed by atoms with E-state index >= 15 is 0 Å². The van der Waals surface area contributed by atoms with Gasteiger partial charge in [-0.1, -0.05) is 0 Å². The zero-order valence-corrected chi connectivity index (χ0v) is 16.6. The topological polar surface area (TPSA) is 33.1 Å². The van der Waals surface area contributed by atoms with Crippen molar-refractivity contribution in [3.8, 4) is 0 Å². The van der Waals surface area contributed by atoms with Crippen LogP contribution >= 0.6 is 11.6 Å². The van der Waals surface area contributed by atoms with Crippen molar-refractivity contribution in [1.29, 1.82) is 0 Å². The zero-order valence-electron chi connectivity index (χ0n) is 15.9. The average molecular weight is 379 g/mol. The summed E-state index contributed by atoms with van der Waals surface area (Å²) in [5.74, 6) is 1.69. The Balaban J connectivity index is 1.69. The van der Waals surface area contributed by atoms with Crippen LogP contribution < -0.4 is 10.2 Å². The molecule has 0 aliphatic heterocycles. The zero-order chi connectivity index (χ0) is 19.0. The van der Waals surface area contributed by atoms with Crippen LogP contribution in [0.5, 0.6) is 0 Å². The molecule has 1 fully saturated rings. The third kappa shape index (κ3) is 3.48. The molecule has 0 unspecified atom stereocenters. The molecule has 1 N–H and O–H groups in total. The predicted octanol–water partition coefficient (Wildman–Crippen LogP) is 3.76. The number of pyridine rings is 1. The van der Waals surface area contributed by atoms with Crippen LogP contribution in [0.25, 0.3) is 10.9 Å². The number of halogens is 1. The molecule has 0 amide bonds. The second-order valence-corrected chi connectivity index (χ2v) is 7.82. The number of nitrogens with one attached hydrogen (secondary N) is 1. The van der Waals surface area contributed by atoms with Gasteiger partial charge in [0.15, 0.2) is 0 Å². The van der Waals surface area contributed by atoms with Crippen LogP contribution in [0.4, 0.5) is 11.5 Å². The quantitative estimate of drug-likeness (QED) is 0.663. The molecule has 1 aliphatic rings. The third-order valence-electron chi connectivity index (χ3n) is 5.55. The van der Waals surface area contributed by atoms with Gasteiger partial charge >= 0.3 is 166 Å². The summed E-state index contributed by atoms with van der Waals surface area (Å²) in [5, 5.41) is 5.34. The summed E-state index contributed by atoms with van der Waals surface area (Å²) in [6.07, 6.45) is 8.00. The molecular weight excluding hydrogens is 355 g/mol. The van der Waals surface area contributed by atoms with Gasteiger partial charge in [0.05, 0.1) is 0 Å². The van der Waals surface area contributed by atoms with Gasteiger partial charge in [-0.3, -0.25) is 0 Å². The Labute approximate surface area is 166 Å². The van der Waals surface area contributed by atoms with Crippen molar-refractivity contribution in [1.82, 2.24) is 14.9 Å². The number of benzene rings is 1. The average Bonchev–Trinajstić information content (AvgIpc) is 3.01. The minimum atomic E-state index is 0.717. The monoisotopic (exact) mass is 378 g/mol. The Bertz CT molecular complexity index is 993. The fourth-order valence-electron chi connectivity index (χ4n) is 3.66. The molecule has 1 saturated carbocycles. The Kier molecular flexibility index (Phi) is 4.96. The summed E-state index contributed by atoms with van der Waals surface area (Å²) < 4.78 is 2.14. The number of aryl methyl sites for hydroxylation is 1. The van der Waals surface area contributed by atoms with Crippen LogP contribution in [0, 0.1) is 5.92 Å². The summed E-state index contributed by atoms with van der Waals surface area (Å²) in [5.41, 5.74) is 4.15. The van der Waals surface area contributed by atoms with Crippen LogP contribution in [-0.2, 0) is 7.05 Å². The maximum absolute atomic E-state index is 6.17. The number of hydrogen-bond donors (Lipinski definition) is 1. The summed E-state index contributed by atoms with van der Waals surface area (Å²) in [6, 6.07) is 9.93. The molecule has 0 bridgehead atoms. The number of rotatable bonds is 6. The molecule has 0 spiro atoms. The van der Waals surface area contributed by atoms with E-state index in [9.17, 15) is 0 Å². The van der Waals surface area contributed by atoms with E-state index in [-0.39, 0.29) is 0 Å². The molecule has 0 radical (unpaired) electrons. The van der Waals surface area contributed by atoms with E-state index in [1.807, 2.05) is 37.5 Å². The Hall–Kier alpha value is -2.27. The molecule has 2 heterocycles. The van der Waals surface area contributed by atoms with E-state index < -0.39 is 0 Å². The molecule has 0 saturated heterocycles. The van der Waals surface area contributed by atoms with E-state index in [4.69, 9.17) is 16.6 Å². The molecule has 27 heavy (non-hydrogen) atoms. The van der Waals surface area contributed by atoms with Gasteiger partial charge in [0.2, 0.25) is 0 Å². The Morgan fingerprint density at radius 2 is 2.19 bits per heavy atom. The van der Waals surface area contributed by atoms with Gasteiger partial charge in [0, 0.05) is 0 Å². The van der Waals surface area contributed by atoms with Crippen molar-refractivity contribution in [2.75, 3.05) is 18.5 Å². The van der Waals surface area contributed by atoms with E-state index in [0.717, 1.165) is 46.0 Å². The van der Waals surface area contributed by atoms with Gasteiger partial charge in [-0.05, 0) is 0 Å². The van der Waals surface area contributed by atoms with E-state index in [0.29, 0.717) is 5.02 Å². The molecule has 1 aliphatic carbocycles. The van der Waals surface area contributed by atoms with Crippen LogP contribution in [0.3, 0.4) is 0 Å². The van der Waals surface area contributed by atoms with Crippen molar-refractivity contribution >= 4 is 47.1 Å². The van der Waals surface area contributed by atoms with Gasteiger partial charge in [-0.2, -0.15) is 0 Å². The van der Waals surface area contributed by atoms with E-state index in [1.54, 1.807) is 0 Å². The van der Waals surface area contributed by atoms with Crippen LogP contribution in [0.15, 0.2) is 42.7 Å². The molecule has 2 aromatic heterocycles. The number of anilines is 2. The molecule has 138 valence electrons. The van der Waals surface area contributed by atoms with Gasteiger partial charge < -0.3 is 0 Å². The molecule has 4 nitrogen and oxygen atoms in total. The van der Waals surface area contributed by atoms with Crippen molar-refractivity contribution in [2.24, 2.45) is 13.0 Å².